The molecule has 0 heterocycles. The summed E-state index contributed by atoms with van der Waals surface area (Å²) in [5, 5.41) is 0. The fourth-order valence-corrected chi connectivity index (χ4v) is 1.47. The van der Waals surface area contributed by atoms with E-state index in [0.717, 1.165) is 17.5 Å². The summed E-state index contributed by atoms with van der Waals surface area (Å²) in [6, 6.07) is 7.74. The second-order valence-electron chi connectivity index (χ2n) is 4.82. The molecule has 0 bridgehead atoms. The predicted octanol–water partition coefficient (Wildman–Crippen LogP) is 2.42. The number of rotatable bonds is 3. The van der Waals surface area contributed by atoms with Crippen molar-refractivity contribution >= 4 is 5.78 Å². The monoisotopic (exact) mass is 205 g/mol. The molecule has 0 radical (unpaired) electrons. The quantitative estimate of drug-likeness (QED) is 0.770. The van der Waals surface area contributed by atoms with Crippen molar-refractivity contribution in [3.05, 3.63) is 35.4 Å². The lowest BCUT2D eigenvalue weighted by Crippen LogP contribution is -2.20. The van der Waals surface area contributed by atoms with Crippen LogP contribution in [0.1, 0.15) is 36.7 Å². The van der Waals surface area contributed by atoms with E-state index in [0.29, 0.717) is 6.54 Å². The highest BCUT2D eigenvalue weighted by Crippen LogP contribution is 2.21. The van der Waals surface area contributed by atoms with Gasteiger partial charge in [-0.25, -0.2) is 0 Å². The van der Waals surface area contributed by atoms with E-state index in [4.69, 9.17) is 5.73 Å². The van der Waals surface area contributed by atoms with E-state index in [1.54, 1.807) is 0 Å². The highest BCUT2D eigenvalue weighted by molar-refractivity contribution is 5.99. The molecule has 1 rings (SSSR count). The third-order valence-corrected chi connectivity index (χ3v) is 2.30. The van der Waals surface area contributed by atoms with Crippen molar-refractivity contribution in [1.29, 1.82) is 0 Å². The normalized spacial score (nSPS) is 11.5. The van der Waals surface area contributed by atoms with Crippen molar-refractivity contribution < 1.29 is 4.79 Å². The first-order chi connectivity index (χ1) is 6.95. The number of hydrogen-bond acceptors (Lipinski definition) is 2. The van der Waals surface area contributed by atoms with Crippen LogP contribution in [0, 0.1) is 5.41 Å². The van der Waals surface area contributed by atoms with Crippen LogP contribution < -0.4 is 5.73 Å². The maximum absolute atomic E-state index is 12.0. The Labute approximate surface area is 91.5 Å². The lowest BCUT2D eigenvalue weighted by atomic mass is 9.86. The number of benzene rings is 1. The minimum atomic E-state index is -0.318. The minimum absolute atomic E-state index is 0.182. The lowest BCUT2D eigenvalue weighted by molar-refractivity contribution is 0.0858. The molecule has 0 spiro atoms. The molecular formula is C13H19NO. The van der Waals surface area contributed by atoms with Gasteiger partial charge in [0.15, 0.2) is 5.78 Å². The molecular weight excluding hydrogens is 186 g/mol. The van der Waals surface area contributed by atoms with Crippen LogP contribution in [0.5, 0.6) is 0 Å². The zero-order chi connectivity index (χ0) is 11.5. The van der Waals surface area contributed by atoms with Gasteiger partial charge in [0, 0.05) is 11.0 Å². The van der Waals surface area contributed by atoms with Crippen molar-refractivity contribution in [3.63, 3.8) is 0 Å². The molecule has 15 heavy (non-hydrogen) atoms. The number of Topliss-reactive ketones (excluding diaryl/α,β-unsaturated/α-hetero) is 1. The van der Waals surface area contributed by atoms with Crippen LogP contribution in [-0.2, 0) is 6.42 Å². The predicted molar refractivity (Wildman–Crippen MR) is 63.0 cm³/mol. The molecule has 0 aliphatic rings. The van der Waals surface area contributed by atoms with Crippen LogP contribution in [0.15, 0.2) is 24.3 Å². The van der Waals surface area contributed by atoms with Gasteiger partial charge in [0.2, 0.25) is 0 Å². The number of hydrogen-bond donors (Lipinski definition) is 1. The third kappa shape index (κ3) is 3.17. The fraction of sp³-hybridized carbons (Fsp3) is 0.462. The van der Waals surface area contributed by atoms with Crippen molar-refractivity contribution in [2.75, 3.05) is 6.54 Å². The maximum Gasteiger partial charge on any atom is 0.168 e. The van der Waals surface area contributed by atoms with Crippen LogP contribution in [0.25, 0.3) is 0 Å². The molecule has 2 N–H and O–H groups in total. The van der Waals surface area contributed by atoms with Gasteiger partial charge in [-0.15, -0.1) is 0 Å². The third-order valence-electron chi connectivity index (χ3n) is 2.30. The van der Waals surface area contributed by atoms with Crippen LogP contribution in [0.2, 0.25) is 0 Å². The number of carbonyl (C=O) groups is 1. The topological polar surface area (TPSA) is 43.1 Å². The summed E-state index contributed by atoms with van der Waals surface area (Å²) in [4.78, 5) is 12.0. The van der Waals surface area contributed by atoms with E-state index >= 15 is 0 Å². The molecule has 0 fully saturated rings. The highest BCUT2D eigenvalue weighted by Gasteiger charge is 2.22. The molecule has 1 aromatic rings. The Morgan fingerprint density at radius 3 is 2.53 bits per heavy atom. The first kappa shape index (κ1) is 11.9. The molecule has 82 valence electrons. The standard InChI is InChI=1S/C13H19NO/c1-13(2,3)12(15)11-6-4-5-10(9-11)7-8-14/h4-6,9H,7-8,14H2,1-3H3. The molecule has 0 atom stereocenters. The lowest BCUT2D eigenvalue weighted by Gasteiger charge is -2.16. The van der Waals surface area contributed by atoms with Crippen LogP contribution in [-0.4, -0.2) is 12.3 Å². The van der Waals surface area contributed by atoms with Crippen molar-refractivity contribution in [2.24, 2.45) is 11.1 Å². The summed E-state index contributed by atoms with van der Waals surface area (Å²) in [6.07, 6.45) is 0.825. The molecule has 0 aromatic heterocycles. The summed E-state index contributed by atoms with van der Waals surface area (Å²) in [5.41, 5.74) is 7.09. The van der Waals surface area contributed by atoms with Crippen molar-refractivity contribution in [3.8, 4) is 0 Å². The molecule has 0 unspecified atom stereocenters. The number of ketones is 1. The zero-order valence-corrected chi connectivity index (χ0v) is 9.71. The van der Waals surface area contributed by atoms with E-state index < -0.39 is 0 Å². The summed E-state index contributed by atoms with van der Waals surface area (Å²) in [5.74, 6) is 0.182. The Hall–Kier alpha value is -1.15. The van der Waals surface area contributed by atoms with Gasteiger partial charge in [-0.05, 0) is 24.6 Å². The Kier molecular flexibility index (Phi) is 3.64. The van der Waals surface area contributed by atoms with Gasteiger partial charge in [-0.1, -0.05) is 39.0 Å². The van der Waals surface area contributed by atoms with Gasteiger partial charge in [0.1, 0.15) is 0 Å². The van der Waals surface area contributed by atoms with Crippen LogP contribution in [0.3, 0.4) is 0 Å². The number of carbonyl (C=O) groups excluding carboxylic acids is 1. The average molecular weight is 205 g/mol. The van der Waals surface area contributed by atoms with E-state index in [1.165, 1.54) is 0 Å². The Bertz CT molecular complexity index is 350. The van der Waals surface area contributed by atoms with Gasteiger partial charge < -0.3 is 5.73 Å². The Balaban J connectivity index is 2.95. The van der Waals surface area contributed by atoms with E-state index in [9.17, 15) is 4.79 Å². The molecule has 0 aliphatic heterocycles. The molecule has 2 heteroatoms. The average Bonchev–Trinajstić information content (AvgIpc) is 2.16. The summed E-state index contributed by atoms with van der Waals surface area (Å²) < 4.78 is 0. The summed E-state index contributed by atoms with van der Waals surface area (Å²) >= 11 is 0. The fourth-order valence-electron chi connectivity index (χ4n) is 1.47. The van der Waals surface area contributed by atoms with Gasteiger partial charge in [0.25, 0.3) is 0 Å². The first-order valence-electron chi connectivity index (χ1n) is 5.29. The van der Waals surface area contributed by atoms with Gasteiger partial charge in [0.05, 0.1) is 0 Å². The van der Waals surface area contributed by atoms with Crippen LogP contribution in [0.4, 0.5) is 0 Å². The molecule has 1 aromatic carbocycles. The Morgan fingerprint density at radius 1 is 1.33 bits per heavy atom. The smallest absolute Gasteiger partial charge is 0.168 e. The van der Waals surface area contributed by atoms with Crippen molar-refractivity contribution in [2.45, 2.75) is 27.2 Å². The van der Waals surface area contributed by atoms with Crippen molar-refractivity contribution in [1.82, 2.24) is 0 Å². The zero-order valence-electron chi connectivity index (χ0n) is 9.71. The minimum Gasteiger partial charge on any atom is -0.330 e. The van der Waals surface area contributed by atoms with Crippen LogP contribution >= 0.6 is 0 Å². The second-order valence-corrected chi connectivity index (χ2v) is 4.82. The largest absolute Gasteiger partial charge is 0.330 e. The van der Waals surface area contributed by atoms with E-state index in [2.05, 4.69) is 0 Å². The molecule has 0 aliphatic carbocycles. The van der Waals surface area contributed by atoms with E-state index in [1.807, 2.05) is 45.0 Å². The Morgan fingerprint density at radius 2 is 2.00 bits per heavy atom. The molecule has 0 amide bonds. The van der Waals surface area contributed by atoms with Gasteiger partial charge >= 0.3 is 0 Å². The molecule has 0 saturated heterocycles. The highest BCUT2D eigenvalue weighted by atomic mass is 16.1. The second kappa shape index (κ2) is 4.58. The SMILES string of the molecule is CC(C)(C)C(=O)c1cccc(CCN)c1. The molecule has 2 nitrogen and oxygen atoms in total. The maximum atomic E-state index is 12.0. The summed E-state index contributed by atoms with van der Waals surface area (Å²) in [6.45, 7) is 6.42. The van der Waals surface area contributed by atoms with Gasteiger partial charge in [-0.3, -0.25) is 4.79 Å². The number of nitrogens with two attached hydrogens (primary N) is 1. The first-order valence-corrected chi connectivity index (χ1v) is 5.29. The van der Waals surface area contributed by atoms with E-state index in [-0.39, 0.29) is 11.2 Å². The summed E-state index contributed by atoms with van der Waals surface area (Å²) in [7, 11) is 0. The van der Waals surface area contributed by atoms with Gasteiger partial charge in [-0.2, -0.15) is 0 Å². The molecule has 0 saturated carbocycles.